The van der Waals surface area contributed by atoms with Gasteiger partial charge in [-0.05, 0) is 6.07 Å². The summed E-state index contributed by atoms with van der Waals surface area (Å²) in [5.74, 6) is 1.20. The molecule has 1 aliphatic carbocycles. The maximum absolute atomic E-state index is 4.61. The number of hydrogen-bond acceptors (Lipinski definition) is 2. The summed E-state index contributed by atoms with van der Waals surface area (Å²) >= 11 is 1.94. The minimum absolute atomic E-state index is 1.14. The highest BCUT2D eigenvalue weighted by Crippen LogP contribution is 2.40. The summed E-state index contributed by atoms with van der Waals surface area (Å²) in [5, 5.41) is 0. The van der Waals surface area contributed by atoms with E-state index in [-0.39, 0.29) is 0 Å². The number of hydrogen-bond donors (Lipinski definition) is 0. The first-order valence-electron chi connectivity index (χ1n) is 4.45. The number of aromatic nitrogens is 1. The lowest BCUT2D eigenvalue weighted by atomic mass is 10.2. The van der Waals surface area contributed by atoms with Crippen LogP contribution in [0.4, 0.5) is 0 Å². The van der Waals surface area contributed by atoms with E-state index in [1.807, 2.05) is 17.8 Å². The van der Waals surface area contributed by atoms with Gasteiger partial charge in [0.05, 0.1) is 11.4 Å². The average molecular weight is 187 g/mol. The van der Waals surface area contributed by atoms with E-state index in [9.17, 15) is 0 Å². The molecule has 3 aliphatic rings. The highest BCUT2D eigenvalue weighted by molar-refractivity contribution is 7.99. The second-order valence-electron chi connectivity index (χ2n) is 3.20. The van der Waals surface area contributed by atoms with Crippen LogP contribution in [0.5, 0.6) is 0 Å². The van der Waals surface area contributed by atoms with Crippen LogP contribution in [-0.4, -0.2) is 10.7 Å². The van der Waals surface area contributed by atoms with Gasteiger partial charge in [0.25, 0.3) is 0 Å². The average Bonchev–Trinajstić information content (AvgIpc) is 2.61. The van der Waals surface area contributed by atoms with Crippen LogP contribution in [0.15, 0.2) is 35.2 Å². The number of rotatable bonds is 0. The molecule has 0 unspecified atom stereocenters. The summed E-state index contributed by atoms with van der Waals surface area (Å²) in [6, 6.07) is 10.4. The zero-order valence-corrected chi connectivity index (χ0v) is 7.97. The Balaban J connectivity index is 2.34. The highest BCUT2D eigenvalue weighted by atomic mass is 32.2. The number of aryl methyl sites for hydroxylation is 1. The zero-order valence-electron chi connectivity index (χ0n) is 7.16. The van der Waals surface area contributed by atoms with Crippen molar-refractivity contribution >= 4 is 11.8 Å². The molecule has 3 rings (SSSR count). The minimum Gasteiger partial charge on any atom is -0.252 e. The Bertz CT molecular complexity index is 425. The Hall–Kier alpha value is -1.02. The van der Waals surface area contributed by atoms with Crippen molar-refractivity contribution in [2.24, 2.45) is 0 Å². The van der Waals surface area contributed by atoms with Crippen LogP contribution in [0.3, 0.4) is 0 Å². The van der Waals surface area contributed by atoms with Crippen LogP contribution < -0.4 is 0 Å². The molecule has 64 valence electrons. The molecule has 0 atom stereocenters. The van der Waals surface area contributed by atoms with Gasteiger partial charge in [0.15, 0.2) is 0 Å². The maximum atomic E-state index is 4.61. The first-order valence-corrected chi connectivity index (χ1v) is 5.44. The Kier molecular flexibility index (Phi) is 1.56. The first kappa shape index (κ1) is 7.39. The van der Waals surface area contributed by atoms with E-state index in [4.69, 9.17) is 0 Å². The van der Waals surface area contributed by atoms with Gasteiger partial charge in [-0.15, -0.1) is 11.8 Å². The predicted octanol–water partition coefficient (Wildman–Crippen LogP) is 2.83. The zero-order chi connectivity index (χ0) is 8.67. The SMILES string of the molecule is c1ccc2nc3c(c-2cc1)SCC3. The summed E-state index contributed by atoms with van der Waals surface area (Å²) < 4.78 is 0. The summed E-state index contributed by atoms with van der Waals surface area (Å²) in [5.41, 5.74) is 3.76. The molecule has 13 heavy (non-hydrogen) atoms. The maximum Gasteiger partial charge on any atom is 0.0717 e. The van der Waals surface area contributed by atoms with E-state index in [0.29, 0.717) is 0 Å². The van der Waals surface area contributed by atoms with Gasteiger partial charge in [0.1, 0.15) is 0 Å². The molecule has 2 heteroatoms. The standard InChI is InChI=1S/C11H9NS/c1-2-4-8-9(5-3-1)12-10-6-7-13-11(8)10/h1-5H,6-7H2. The molecule has 0 amide bonds. The molecule has 2 heterocycles. The molecule has 0 aromatic rings. The third-order valence-electron chi connectivity index (χ3n) is 2.36. The molecule has 0 N–H and O–H groups in total. The molecule has 0 spiro atoms. The van der Waals surface area contributed by atoms with Crippen LogP contribution in [0.25, 0.3) is 11.3 Å². The quantitative estimate of drug-likeness (QED) is 0.629. The van der Waals surface area contributed by atoms with E-state index in [2.05, 4.69) is 29.2 Å². The molecule has 2 aliphatic heterocycles. The lowest BCUT2D eigenvalue weighted by Crippen LogP contribution is -1.79. The fraction of sp³-hybridized carbons (Fsp3) is 0.182. The van der Waals surface area contributed by atoms with Crippen LogP contribution in [0.2, 0.25) is 0 Å². The first-order chi connectivity index (χ1) is 6.45. The fourth-order valence-electron chi connectivity index (χ4n) is 1.76. The van der Waals surface area contributed by atoms with E-state index >= 15 is 0 Å². The topological polar surface area (TPSA) is 12.9 Å². The van der Waals surface area contributed by atoms with Gasteiger partial charge in [-0.3, -0.25) is 4.98 Å². The minimum atomic E-state index is 1.14. The Labute approximate surface area is 81.5 Å². The molecule has 0 saturated carbocycles. The number of fused-ring (bicyclic) bond motifs is 3. The van der Waals surface area contributed by atoms with E-state index < -0.39 is 0 Å². The van der Waals surface area contributed by atoms with E-state index in [1.54, 1.807) is 0 Å². The van der Waals surface area contributed by atoms with Crippen LogP contribution in [-0.2, 0) is 6.42 Å². The van der Waals surface area contributed by atoms with Crippen molar-refractivity contribution in [1.29, 1.82) is 0 Å². The Morgan fingerprint density at radius 1 is 1.15 bits per heavy atom. The molecule has 0 aromatic carbocycles. The molecule has 0 fully saturated rings. The van der Waals surface area contributed by atoms with Crippen molar-refractivity contribution in [3.8, 4) is 11.3 Å². The summed E-state index contributed by atoms with van der Waals surface area (Å²) in [6.45, 7) is 0. The summed E-state index contributed by atoms with van der Waals surface area (Å²) in [6.07, 6.45) is 1.14. The molecule has 0 bridgehead atoms. The third-order valence-corrected chi connectivity index (χ3v) is 3.52. The van der Waals surface area contributed by atoms with Crippen LogP contribution in [0, 0.1) is 0 Å². The molecule has 0 aromatic heterocycles. The largest absolute Gasteiger partial charge is 0.252 e. The second-order valence-corrected chi connectivity index (χ2v) is 4.30. The molecular formula is C11H9NS. The van der Waals surface area contributed by atoms with Crippen molar-refractivity contribution in [3.05, 3.63) is 36.0 Å². The fourth-order valence-corrected chi connectivity index (χ4v) is 2.90. The molecular weight excluding hydrogens is 178 g/mol. The van der Waals surface area contributed by atoms with Crippen molar-refractivity contribution in [2.75, 3.05) is 5.75 Å². The van der Waals surface area contributed by atoms with E-state index in [0.717, 1.165) is 12.1 Å². The smallest absolute Gasteiger partial charge is 0.0717 e. The van der Waals surface area contributed by atoms with Crippen LogP contribution in [0.1, 0.15) is 5.69 Å². The van der Waals surface area contributed by atoms with E-state index in [1.165, 1.54) is 21.9 Å². The monoisotopic (exact) mass is 187 g/mol. The van der Waals surface area contributed by atoms with Gasteiger partial charge < -0.3 is 0 Å². The Morgan fingerprint density at radius 2 is 2.08 bits per heavy atom. The highest BCUT2D eigenvalue weighted by Gasteiger charge is 2.21. The summed E-state index contributed by atoms with van der Waals surface area (Å²) in [4.78, 5) is 6.02. The van der Waals surface area contributed by atoms with Gasteiger partial charge in [0.2, 0.25) is 0 Å². The number of thioether (sulfide) groups is 1. The lowest BCUT2D eigenvalue weighted by molar-refractivity contribution is 1.08. The lowest BCUT2D eigenvalue weighted by Gasteiger charge is -1.92. The van der Waals surface area contributed by atoms with Crippen molar-refractivity contribution in [2.45, 2.75) is 11.3 Å². The molecule has 0 radical (unpaired) electrons. The van der Waals surface area contributed by atoms with Gasteiger partial charge in [-0.25, -0.2) is 0 Å². The van der Waals surface area contributed by atoms with Gasteiger partial charge in [-0.2, -0.15) is 0 Å². The van der Waals surface area contributed by atoms with Gasteiger partial charge >= 0.3 is 0 Å². The molecule has 0 saturated heterocycles. The summed E-state index contributed by atoms with van der Waals surface area (Å²) in [7, 11) is 0. The van der Waals surface area contributed by atoms with Crippen molar-refractivity contribution < 1.29 is 0 Å². The predicted molar refractivity (Wildman–Crippen MR) is 55.3 cm³/mol. The van der Waals surface area contributed by atoms with Gasteiger partial charge in [-0.1, -0.05) is 24.3 Å². The number of nitrogens with zero attached hydrogens (tertiary/aromatic N) is 1. The molecule has 1 nitrogen and oxygen atoms in total. The van der Waals surface area contributed by atoms with Gasteiger partial charge in [0, 0.05) is 22.6 Å². The normalized spacial score (nSPS) is 14.8. The Morgan fingerprint density at radius 3 is 3.08 bits per heavy atom. The van der Waals surface area contributed by atoms with Crippen molar-refractivity contribution in [3.63, 3.8) is 0 Å². The third kappa shape index (κ3) is 1.05. The second kappa shape index (κ2) is 2.74. The van der Waals surface area contributed by atoms with Crippen LogP contribution >= 0.6 is 11.8 Å². The van der Waals surface area contributed by atoms with Crippen molar-refractivity contribution in [1.82, 2.24) is 4.98 Å².